The van der Waals surface area contributed by atoms with E-state index < -0.39 is 79.6 Å². The van der Waals surface area contributed by atoms with E-state index in [-0.39, 0.29) is 25.0 Å². The standard InChI is InChI=1S/C12H22O6.C11H20O7/c1-4-8-11(15)10(14)7(12(16)18-8)5-9(13)17-6(2)3;1-5(2)17-8(13)3-6-9(14)10(15)7(4-12)18-11(6)16/h6-8,10-12,14-16H,4-5H2,1-3H3;5-7,9-12,14-16H,3-4H2,1-2H3/t;6-,7-,9-,10-,11?/m.1/s1. The van der Waals surface area contributed by atoms with Crippen LogP contribution >= 0.6 is 0 Å². The smallest absolute Gasteiger partial charge is 0.306 e. The van der Waals surface area contributed by atoms with Gasteiger partial charge in [-0.3, -0.25) is 9.59 Å². The van der Waals surface area contributed by atoms with E-state index >= 15 is 0 Å². The number of carbonyl (C=O) groups is 2. The molecule has 0 radical (unpaired) electrons. The van der Waals surface area contributed by atoms with Gasteiger partial charge < -0.3 is 54.7 Å². The molecule has 0 amide bonds. The van der Waals surface area contributed by atoms with Crippen LogP contribution in [-0.4, -0.2) is 116 Å². The molecule has 0 aromatic heterocycles. The van der Waals surface area contributed by atoms with Crippen molar-refractivity contribution in [3.05, 3.63) is 0 Å². The average Bonchev–Trinajstić information content (AvgIpc) is 2.78. The fourth-order valence-corrected chi connectivity index (χ4v) is 3.94. The highest BCUT2D eigenvalue weighted by Crippen LogP contribution is 2.29. The highest BCUT2D eigenvalue weighted by Gasteiger charge is 2.45. The maximum absolute atomic E-state index is 11.5. The number of esters is 2. The summed E-state index contributed by atoms with van der Waals surface area (Å²) in [4.78, 5) is 22.9. The highest BCUT2D eigenvalue weighted by molar-refractivity contribution is 5.70. The van der Waals surface area contributed by atoms with Crippen molar-refractivity contribution < 1.29 is 64.3 Å². The van der Waals surface area contributed by atoms with E-state index in [4.69, 9.17) is 24.1 Å². The summed E-state index contributed by atoms with van der Waals surface area (Å²) in [6.07, 6.45) is -9.93. The van der Waals surface area contributed by atoms with Gasteiger partial charge in [0.05, 0.1) is 50.0 Å². The molecule has 212 valence electrons. The van der Waals surface area contributed by atoms with Crippen LogP contribution in [0.3, 0.4) is 0 Å². The third kappa shape index (κ3) is 9.47. The van der Waals surface area contributed by atoms with Crippen LogP contribution in [0.4, 0.5) is 0 Å². The van der Waals surface area contributed by atoms with E-state index in [0.29, 0.717) is 6.42 Å². The van der Waals surface area contributed by atoms with E-state index in [1.807, 2.05) is 0 Å². The molecule has 0 saturated carbocycles. The Morgan fingerprint density at radius 2 is 1.06 bits per heavy atom. The Morgan fingerprint density at radius 1 is 0.694 bits per heavy atom. The van der Waals surface area contributed by atoms with Gasteiger partial charge >= 0.3 is 11.9 Å². The summed E-state index contributed by atoms with van der Waals surface area (Å²) in [5.74, 6) is -2.96. The SMILES string of the molecule is CC(C)OC(=O)C[C@H]1C(O)O[C@H](CO)[C@@H](O)[C@@H]1O.CCC1OC(O)C(CC(=O)OC(C)C)C(O)C1O. The van der Waals surface area contributed by atoms with Crippen LogP contribution in [-0.2, 0) is 28.5 Å². The van der Waals surface area contributed by atoms with Gasteiger partial charge in [-0.1, -0.05) is 6.92 Å². The van der Waals surface area contributed by atoms with Crippen LogP contribution < -0.4 is 0 Å². The molecule has 0 spiro atoms. The molecule has 36 heavy (non-hydrogen) atoms. The first-order valence-electron chi connectivity index (χ1n) is 12.1. The zero-order valence-corrected chi connectivity index (χ0v) is 21.3. The third-order valence-electron chi connectivity index (χ3n) is 5.82. The summed E-state index contributed by atoms with van der Waals surface area (Å²) >= 11 is 0. The van der Waals surface area contributed by atoms with Crippen molar-refractivity contribution in [2.75, 3.05) is 6.61 Å². The van der Waals surface area contributed by atoms with Gasteiger partial charge in [0.25, 0.3) is 0 Å². The predicted octanol–water partition coefficient (Wildman–Crippen LogP) is -1.83. The van der Waals surface area contributed by atoms with Crippen molar-refractivity contribution >= 4 is 11.9 Å². The van der Waals surface area contributed by atoms with E-state index in [1.165, 1.54) is 0 Å². The highest BCUT2D eigenvalue weighted by atomic mass is 16.6. The first-order valence-corrected chi connectivity index (χ1v) is 12.1. The molecule has 0 bridgehead atoms. The molecule has 0 aliphatic carbocycles. The number of hydrogen-bond donors (Lipinski definition) is 7. The summed E-state index contributed by atoms with van der Waals surface area (Å²) in [6, 6.07) is 0. The number of aliphatic hydroxyl groups excluding tert-OH is 7. The van der Waals surface area contributed by atoms with Gasteiger partial charge in [0.1, 0.15) is 18.3 Å². The average molecular weight is 527 g/mol. The molecule has 2 rings (SSSR count). The monoisotopic (exact) mass is 526 g/mol. The molecule has 0 aromatic rings. The lowest BCUT2D eigenvalue weighted by molar-refractivity contribution is -0.271. The van der Waals surface area contributed by atoms with Crippen LogP contribution in [0.15, 0.2) is 0 Å². The predicted molar refractivity (Wildman–Crippen MR) is 122 cm³/mol. The van der Waals surface area contributed by atoms with Crippen molar-refractivity contribution in [2.45, 2.75) is 115 Å². The van der Waals surface area contributed by atoms with Gasteiger partial charge in [0.2, 0.25) is 0 Å². The van der Waals surface area contributed by atoms with E-state index in [2.05, 4.69) is 0 Å². The largest absolute Gasteiger partial charge is 0.463 e. The zero-order valence-electron chi connectivity index (χ0n) is 21.3. The molecule has 0 aromatic carbocycles. The summed E-state index contributed by atoms with van der Waals surface area (Å²) in [7, 11) is 0. The Balaban J connectivity index is 0.000000360. The fourth-order valence-electron chi connectivity index (χ4n) is 3.94. The van der Waals surface area contributed by atoms with Crippen molar-refractivity contribution in [1.29, 1.82) is 0 Å². The quantitative estimate of drug-likeness (QED) is 0.174. The molecule has 10 atom stereocenters. The summed E-state index contributed by atoms with van der Waals surface area (Å²) in [6.45, 7) is 8.03. The van der Waals surface area contributed by atoms with Crippen molar-refractivity contribution in [3.63, 3.8) is 0 Å². The Bertz CT molecular complexity index is 616. The molecule has 6 unspecified atom stereocenters. The molecule has 2 fully saturated rings. The van der Waals surface area contributed by atoms with Crippen molar-refractivity contribution in [3.8, 4) is 0 Å². The van der Waals surface area contributed by atoms with E-state index in [9.17, 15) is 40.2 Å². The summed E-state index contributed by atoms with van der Waals surface area (Å²) < 4.78 is 19.9. The lowest BCUT2D eigenvalue weighted by Crippen LogP contribution is -2.56. The minimum atomic E-state index is -1.43. The minimum absolute atomic E-state index is 0.187. The summed E-state index contributed by atoms with van der Waals surface area (Å²) in [5.41, 5.74) is 0. The number of aliphatic hydroxyl groups is 7. The molecule has 2 aliphatic heterocycles. The Labute approximate surface area is 210 Å². The summed E-state index contributed by atoms with van der Waals surface area (Å²) in [5, 5.41) is 67.3. The van der Waals surface area contributed by atoms with Gasteiger partial charge in [-0.05, 0) is 34.1 Å². The molecule has 2 aliphatic rings. The normalized spacial score (nSPS) is 36.7. The zero-order chi connectivity index (χ0) is 27.7. The Hall–Kier alpha value is -1.42. The second-order valence-electron chi connectivity index (χ2n) is 9.50. The lowest BCUT2D eigenvalue weighted by Gasteiger charge is -2.40. The second kappa shape index (κ2) is 15.1. The number of rotatable bonds is 8. The maximum Gasteiger partial charge on any atom is 0.306 e. The van der Waals surface area contributed by atoms with E-state index in [0.717, 1.165) is 0 Å². The topological polar surface area (TPSA) is 213 Å². The van der Waals surface area contributed by atoms with E-state index in [1.54, 1.807) is 34.6 Å². The fraction of sp³-hybridized carbons (Fsp3) is 0.913. The molecule has 13 nitrogen and oxygen atoms in total. The van der Waals surface area contributed by atoms with Crippen molar-refractivity contribution in [2.24, 2.45) is 11.8 Å². The minimum Gasteiger partial charge on any atom is -0.463 e. The molecule has 2 heterocycles. The first kappa shape index (κ1) is 32.6. The number of ether oxygens (including phenoxy) is 4. The van der Waals surface area contributed by atoms with Crippen LogP contribution in [0.5, 0.6) is 0 Å². The molecular formula is C23H42O13. The van der Waals surface area contributed by atoms with Gasteiger partial charge in [0.15, 0.2) is 12.6 Å². The van der Waals surface area contributed by atoms with Gasteiger partial charge in [-0.2, -0.15) is 0 Å². The molecule has 13 heteroatoms. The first-order chi connectivity index (χ1) is 16.7. The molecular weight excluding hydrogens is 484 g/mol. The third-order valence-corrected chi connectivity index (χ3v) is 5.82. The molecule has 2 saturated heterocycles. The van der Waals surface area contributed by atoms with Gasteiger partial charge in [0, 0.05) is 11.8 Å². The number of hydrogen-bond acceptors (Lipinski definition) is 13. The maximum atomic E-state index is 11.5. The van der Waals surface area contributed by atoms with Gasteiger partial charge in [-0.25, -0.2) is 0 Å². The molecule has 7 N–H and O–H groups in total. The van der Waals surface area contributed by atoms with Crippen LogP contribution in [0, 0.1) is 11.8 Å². The number of carbonyl (C=O) groups excluding carboxylic acids is 2. The lowest BCUT2D eigenvalue weighted by atomic mass is 9.87. The van der Waals surface area contributed by atoms with Crippen LogP contribution in [0.25, 0.3) is 0 Å². The van der Waals surface area contributed by atoms with Crippen LogP contribution in [0.1, 0.15) is 53.9 Å². The van der Waals surface area contributed by atoms with Crippen molar-refractivity contribution in [1.82, 2.24) is 0 Å². The second-order valence-corrected chi connectivity index (χ2v) is 9.50. The Morgan fingerprint density at radius 3 is 1.39 bits per heavy atom. The van der Waals surface area contributed by atoms with Gasteiger partial charge in [-0.15, -0.1) is 0 Å². The Kier molecular flexibility index (Phi) is 13.7. The van der Waals surface area contributed by atoms with Crippen LogP contribution in [0.2, 0.25) is 0 Å².